The molecule has 0 fully saturated rings. The van der Waals surface area contributed by atoms with Gasteiger partial charge in [-0.05, 0) is 52.6 Å². The van der Waals surface area contributed by atoms with E-state index >= 15 is 0 Å². The second-order valence-electron chi connectivity index (χ2n) is 6.40. The van der Waals surface area contributed by atoms with Crippen LogP contribution in [0.4, 0.5) is 0 Å². The normalized spacial score (nSPS) is 10.8. The highest BCUT2D eigenvalue weighted by molar-refractivity contribution is 6.02. The van der Waals surface area contributed by atoms with E-state index in [-0.39, 0.29) is 0 Å². The molecule has 0 aliphatic rings. The van der Waals surface area contributed by atoms with Crippen LogP contribution in [0.5, 0.6) is 11.5 Å². The zero-order valence-electron chi connectivity index (χ0n) is 15.5. The third kappa shape index (κ3) is 2.93. The molecular weight excluding hydrogens is 332 g/mol. The van der Waals surface area contributed by atoms with Crippen molar-refractivity contribution in [1.82, 2.24) is 0 Å². The lowest BCUT2D eigenvalue weighted by atomic mass is 9.86. The number of ether oxygens (including phenoxy) is 2. The van der Waals surface area contributed by atoms with E-state index in [1.165, 1.54) is 0 Å². The first-order valence-electron chi connectivity index (χ1n) is 8.89. The van der Waals surface area contributed by atoms with Gasteiger partial charge in [-0.1, -0.05) is 60.7 Å². The van der Waals surface area contributed by atoms with Gasteiger partial charge in [0.05, 0.1) is 14.2 Å². The van der Waals surface area contributed by atoms with E-state index in [1.54, 1.807) is 14.2 Å². The van der Waals surface area contributed by atoms with Crippen LogP contribution in [-0.4, -0.2) is 14.2 Å². The molecule has 4 rings (SSSR count). The predicted molar refractivity (Wildman–Crippen MR) is 112 cm³/mol. The minimum absolute atomic E-state index is 0.828. The molecule has 2 nitrogen and oxygen atoms in total. The van der Waals surface area contributed by atoms with Crippen molar-refractivity contribution in [1.29, 1.82) is 0 Å². The maximum absolute atomic E-state index is 5.66. The molecule has 0 saturated carbocycles. The summed E-state index contributed by atoms with van der Waals surface area (Å²) in [5, 5.41) is 2.29. The van der Waals surface area contributed by atoms with Gasteiger partial charge in [-0.15, -0.1) is 0 Å². The standard InChI is InChI=1S/C25H21O2/c1-17-19-11-5-4-10-18(19)16-22(20-12-6-8-14-23(20)26-2)25(17)21-13-7-9-15-24(21)27-3/h4-16H,1H2,2-3H3. The molecule has 0 bridgehead atoms. The summed E-state index contributed by atoms with van der Waals surface area (Å²) in [7, 11) is 3.40. The Hall–Kier alpha value is -3.26. The molecule has 0 spiro atoms. The summed E-state index contributed by atoms with van der Waals surface area (Å²) in [5.74, 6) is 1.66. The van der Waals surface area contributed by atoms with E-state index in [9.17, 15) is 0 Å². The van der Waals surface area contributed by atoms with E-state index in [0.717, 1.165) is 50.1 Å². The molecule has 2 heteroatoms. The zero-order valence-corrected chi connectivity index (χ0v) is 15.5. The van der Waals surface area contributed by atoms with Gasteiger partial charge in [0.2, 0.25) is 0 Å². The Kier molecular flexibility index (Phi) is 4.55. The Labute approximate surface area is 160 Å². The van der Waals surface area contributed by atoms with Crippen LogP contribution in [0, 0.1) is 6.92 Å². The van der Waals surface area contributed by atoms with Crippen molar-refractivity contribution in [3.63, 3.8) is 0 Å². The molecule has 0 aliphatic heterocycles. The van der Waals surface area contributed by atoms with Gasteiger partial charge in [-0.2, -0.15) is 0 Å². The summed E-state index contributed by atoms with van der Waals surface area (Å²) in [4.78, 5) is 0. The van der Waals surface area contributed by atoms with Gasteiger partial charge in [0.15, 0.2) is 0 Å². The molecule has 133 valence electrons. The Morgan fingerprint density at radius 2 is 1.19 bits per heavy atom. The lowest BCUT2D eigenvalue weighted by Gasteiger charge is -2.19. The van der Waals surface area contributed by atoms with Crippen LogP contribution in [0.3, 0.4) is 0 Å². The molecule has 27 heavy (non-hydrogen) atoms. The van der Waals surface area contributed by atoms with Gasteiger partial charge >= 0.3 is 0 Å². The molecule has 4 aromatic rings. The minimum atomic E-state index is 0.828. The van der Waals surface area contributed by atoms with Crippen LogP contribution >= 0.6 is 0 Å². The van der Waals surface area contributed by atoms with Gasteiger partial charge in [0.25, 0.3) is 0 Å². The summed E-state index contributed by atoms with van der Waals surface area (Å²) in [6.07, 6.45) is 0. The van der Waals surface area contributed by atoms with Gasteiger partial charge in [-0.3, -0.25) is 0 Å². The van der Waals surface area contributed by atoms with Gasteiger partial charge < -0.3 is 9.47 Å². The molecule has 0 heterocycles. The maximum Gasteiger partial charge on any atom is 0.126 e. The zero-order chi connectivity index (χ0) is 18.8. The molecule has 0 saturated heterocycles. The SMILES string of the molecule is [CH2]c1c(-c2ccccc2OC)c(-c2ccccc2OC)cc2ccccc12. The third-order valence-electron chi connectivity index (χ3n) is 4.93. The van der Waals surface area contributed by atoms with E-state index in [0.29, 0.717) is 0 Å². The minimum Gasteiger partial charge on any atom is -0.496 e. The molecule has 0 amide bonds. The molecule has 1 radical (unpaired) electrons. The van der Waals surface area contributed by atoms with Crippen molar-refractivity contribution in [3.05, 3.63) is 91.3 Å². The number of hydrogen-bond donors (Lipinski definition) is 0. The van der Waals surface area contributed by atoms with Crippen molar-refractivity contribution in [3.8, 4) is 33.8 Å². The average molecular weight is 353 g/mol. The summed E-state index contributed by atoms with van der Waals surface area (Å²) >= 11 is 0. The quantitative estimate of drug-likeness (QED) is 0.424. The highest BCUT2D eigenvalue weighted by atomic mass is 16.5. The molecule has 0 aromatic heterocycles. The second kappa shape index (κ2) is 7.16. The first kappa shape index (κ1) is 17.2. The first-order chi connectivity index (χ1) is 13.2. The number of benzene rings is 4. The van der Waals surface area contributed by atoms with Crippen LogP contribution in [-0.2, 0) is 0 Å². The van der Waals surface area contributed by atoms with Crippen molar-refractivity contribution >= 4 is 10.8 Å². The van der Waals surface area contributed by atoms with Crippen molar-refractivity contribution in [2.45, 2.75) is 0 Å². The molecule has 0 N–H and O–H groups in total. The molecular formula is C25H21O2. The summed E-state index contributed by atoms with van der Waals surface area (Å²) in [6.45, 7) is 4.45. The number of hydrogen-bond acceptors (Lipinski definition) is 2. The molecule has 0 unspecified atom stereocenters. The van der Waals surface area contributed by atoms with Crippen LogP contribution in [0.25, 0.3) is 33.0 Å². The fourth-order valence-electron chi connectivity index (χ4n) is 3.66. The Balaban J connectivity index is 2.14. The van der Waals surface area contributed by atoms with E-state index in [1.807, 2.05) is 42.5 Å². The molecule has 4 aromatic carbocycles. The summed E-state index contributed by atoms with van der Waals surface area (Å²) < 4.78 is 11.3. The summed E-state index contributed by atoms with van der Waals surface area (Å²) in [6, 6.07) is 26.7. The number of fused-ring (bicyclic) bond motifs is 1. The van der Waals surface area contributed by atoms with Gasteiger partial charge in [0.1, 0.15) is 11.5 Å². The van der Waals surface area contributed by atoms with Crippen molar-refractivity contribution in [2.24, 2.45) is 0 Å². The Bertz CT molecular complexity index is 1110. The number of methoxy groups -OCH3 is 2. The Morgan fingerprint density at radius 3 is 1.89 bits per heavy atom. The highest BCUT2D eigenvalue weighted by Crippen LogP contribution is 2.44. The average Bonchev–Trinajstić information content (AvgIpc) is 2.73. The number of para-hydroxylation sites is 2. The smallest absolute Gasteiger partial charge is 0.126 e. The van der Waals surface area contributed by atoms with Crippen LogP contribution in [0.1, 0.15) is 5.56 Å². The molecule has 0 atom stereocenters. The fraction of sp³-hybridized carbons (Fsp3) is 0.0800. The monoisotopic (exact) mass is 353 g/mol. The van der Waals surface area contributed by atoms with Crippen LogP contribution in [0.15, 0.2) is 78.9 Å². The lowest BCUT2D eigenvalue weighted by molar-refractivity contribution is 0.416. The first-order valence-corrected chi connectivity index (χ1v) is 8.89. The topological polar surface area (TPSA) is 18.5 Å². The maximum atomic E-state index is 5.66. The van der Waals surface area contributed by atoms with Crippen LogP contribution < -0.4 is 9.47 Å². The number of rotatable bonds is 4. The van der Waals surface area contributed by atoms with E-state index in [2.05, 4.69) is 43.3 Å². The van der Waals surface area contributed by atoms with Crippen molar-refractivity contribution in [2.75, 3.05) is 14.2 Å². The predicted octanol–water partition coefficient (Wildman–Crippen LogP) is 6.37. The fourth-order valence-corrected chi connectivity index (χ4v) is 3.66. The summed E-state index contributed by atoms with van der Waals surface area (Å²) in [5.41, 5.74) is 5.20. The lowest BCUT2D eigenvalue weighted by Crippen LogP contribution is -1.96. The second-order valence-corrected chi connectivity index (χ2v) is 6.40. The van der Waals surface area contributed by atoms with E-state index in [4.69, 9.17) is 9.47 Å². The largest absolute Gasteiger partial charge is 0.496 e. The Morgan fingerprint density at radius 1 is 0.630 bits per heavy atom. The van der Waals surface area contributed by atoms with Gasteiger partial charge in [0, 0.05) is 11.1 Å². The van der Waals surface area contributed by atoms with Gasteiger partial charge in [-0.25, -0.2) is 0 Å². The van der Waals surface area contributed by atoms with Crippen LogP contribution in [0.2, 0.25) is 0 Å². The highest BCUT2D eigenvalue weighted by Gasteiger charge is 2.18. The third-order valence-corrected chi connectivity index (χ3v) is 4.93. The van der Waals surface area contributed by atoms with E-state index < -0.39 is 0 Å². The van der Waals surface area contributed by atoms with Crippen molar-refractivity contribution < 1.29 is 9.47 Å². The molecule has 0 aliphatic carbocycles.